The molecule has 0 aromatic heterocycles. The number of benzene rings is 1. The Balaban J connectivity index is 1.58. The first-order valence-corrected chi connectivity index (χ1v) is 10.7. The van der Waals surface area contributed by atoms with Crippen LogP contribution in [0.25, 0.3) is 0 Å². The van der Waals surface area contributed by atoms with Gasteiger partial charge in [-0.2, -0.15) is 5.26 Å². The molecular formula is C21H25N3O4S. The molecule has 1 aliphatic carbocycles. The van der Waals surface area contributed by atoms with Gasteiger partial charge in [-0.15, -0.1) is 11.8 Å². The van der Waals surface area contributed by atoms with E-state index in [1.165, 1.54) is 23.6 Å². The molecule has 8 heteroatoms. The third-order valence-corrected chi connectivity index (χ3v) is 6.85. The van der Waals surface area contributed by atoms with Crippen LogP contribution in [0.4, 0.5) is 5.69 Å². The normalized spacial score (nSPS) is 21.1. The maximum Gasteiger partial charge on any atom is 0.308 e. The van der Waals surface area contributed by atoms with Gasteiger partial charge in [0.15, 0.2) is 6.10 Å². The first-order chi connectivity index (χ1) is 13.9. The number of carbonyl (C=O) groups excluding carboxylic acids is 3. The summed E-state index contributed by atoms with van der Waals surface area (Å²) < 4.78 is 5.32. The molecule has 3 rings (SSSR count). The molecule has 0 unspecified atom stereocenters. The molecule has 1 saturated carbocycles. The van der Waals surface area contributed by atoms with E-state index in [1.54, 1.807) is 7.05 Å². The fourth-order valence-corrected chi connectivity index (χ4v) is 4.91. The lowest BCUT2D eigenvalue weighted by molar-refractivity contribution is -0.161. The number of nitriles is 1. The van der Waals surface area contributed by atoms with Crippen LogP contribution >= 0.6 is 11.8 Å². The highest BCUT2D eigenvalue weighted by Crippen LogP contribution is 2.37. The number of thioether (sulfide) groups is 1. The Labute approximate surface area is 174 Å². The zero-order valence-electron chi connectivity index (χ0n) is 16.6. The SMILES string of the molecule is C[C@@H](OC(=O)C[C@@H]1Sc2ccccc2NC1=O)C(=O)N(C)C1(C#N)CCCCC1. The number of amides is 2. The highest BCUT2D eigenvalue weighted by atomic mass is 32.2. The summed E-state index contributed by atoms with van der Waals surface area (Å²) in [6.07, 6.45) is 2.97. The summed E-state index contributed by atoms with van der Waals surface area (Å²) in [6, 6.07) is 9.68. The number of esters is 1. The van der Waals surface area contributed by atoms with Crippen molar-refractivity contribution in [1.29, 1.82) is 5.26 Å². The number of para-hydroxylation sites is 1. The lowest BCUT2D eigenvalue weighted by Crippen LogP contribution is -2.53. The van der Waals surface area contributed by atoms with Crippen LogP contribution in [0.5, 0.6) is 0 Å². The molecule has 1 fully saturated rings. The fraction of sp³-hybridized carbons (Fsp3) is 0.524. The second-order valence-corrected chi connectivity index (χ2v) is 8.77. The molecule has 154 valence electrons. The minimum atomic E-state index is -1.01. The predicted molar refractivity (Wildman–Crippen MR) is 109 cm³/mol. The van der Waals surface area contributed by atoms with Crippen LogP contribution in [-0.2, 0) is 19.1 Å². The quantitative estimate of drug-likeness (QED) is 0.742. The molecule has 0 saturated heterocycles. The van der Waals surface area contributed by atoms with Gasteiger partial charge in [0.2, 0.25) is 5.91 Å². The smallest absolute Gasteiger partial charge is 0.308 e. The number of hydrogen-bond acceptors (Lipinski definition) is 6. The monoisotopic (exact) mass is 415 g/mol. The summed E-state index contributed by atoms with van der Waals surface area (Å²) in [6.45, 7) is 1.51. The summed E-state index contributed by atoms with van der Waals surface area (Å²) in [4.78, 5) is 39.7. The van der Waals surface area contributed by atoms with Crippen molar-refractivity contribution in [2.45, 2.75) is 67.2 Å². The molecule has 1 aromatic carbocycles. The largest absolute Gasteiger partial charge is 0.452 e. The molecule has 7 nitrogen and oxygen atoms in total. The maximum absolute atomic E-state index is 12.8. The first kappa shape index (κ1) is 21.2. The third-order valence-electron chi connectivity index (χ3n) is 5.58. The van der Waals surface area contributed by atoms with Crippen LogP contribution in [0.1, 0.15) is 45.4 Å². The lowest BCUT2D eigenvalue weighted by Gasteiger charge is -2.39. The van der Waals surface area contributed by atoms with Gasteiger partial charge in [0.1, 0.15) is 5.54 Å². The van der Waals surface area contributed by atoms with Gasteiger partial charge in [0.25, 0.3) is 5.91 Å². The van der Waals surface area contributed by atoms with E-state index < -0.39 is 28.8 Å². The Bertz CT molecular complexity index is 845. The molecule has 0 bridgehead atoms. The van der Waals surface area contributed by atoms with Gasteiger partial charge in [-0.05, 0) is 31.9 Å². The average Bonchev–Trinajstić information content (AvgIpc) is 2.73. The molecular weight excluding hydrogens is 390 g/mol. The molecule has 1 aliphatic heterocycles. The number of nitrogens with one attached hydrogen (secondary N) is 1. The summed E-state index contributed by atoms with van der Waals surface area (Å²) in [5.74, 6) is -1.26. The number of hydrogen-bond donors (Lipinski definition) is 1. The highest BCUT2D eigenvalue weighted by Gasteiger charge is 2.41. The van der Waals surface area contributed by atoms with Crippen molar-refractivity contribution in [3.8, 4) is 6.07 Å². The molecule has 2 amide bonds. The topological polar surface area (TPSA) is 99.5 Å². The van der Waals surface area contributed by atoms with E-state index >= 15 is 0 Å². The van der Waals surface area contributed by atoms with Crippen LogP contribution in [0.2, 0.25) is 0 Å². The minimum absolute atomic E-state index is 0.129. The number of ether oxygens (including phenoxy) is 1. The number of carbonyl (C=O) groups is 3. The second kappa shape index (κ2) is 8.87. The number of fused-ring (bicyclic) bond motifs is 1. The predicted octanol–water partition coefficient (Wildman–Crippen LogP) is 3.11. The Morgan fingerprint density at radius 1 is 1.34 bits per heavy atom. The van der Waals surface area contributed by atoms with Crippen molar-refractivity contribution >= 4 is 35.2 Å². The molecule has 0 radical (unpaired) electrons. The third kappa shape index (κ3) is 4.56. The number of anilines is 1. The van der Waals surface area contributed by atoms with Crippen LogP contribution in [-0.4, -0.2) is 46.6 Å². The van der Waals surface area contributed by atoms with Crippen molar-refractivity contribution in [1.82, 2.24) is 4.90 Å². The molecule has 1 N–H and O–H groups in total. The van der Waals surface area contributed by atoms with Crippen molar-refractivity contribution in [3.05, 3.63) is 24.3 Å². The van der Waals surface area contributed by atoms with Gasteiger partial charge in [0.05, 0.1) is 23.4 Å². The zero-order valence-corrected chi connectivity index (χ0v) is 17.5. The van der Waals surface area contributed by atoms with E-state index in [9.17, 15) is 19.6 Å². The number of rotatable bonds is 5. The Hall–Kier alpha value is -2.53. The number of nitrogens with zero attached hydrogens (tertiary/aromatic N) is 2. The maximum atomic E-state index is 12.8. The highest BCUT2D eigenvalue weighted by molar-refractivity contribution is 8.01. The lowest BCUT2D eigenvalue weighted by atomic mass is 9.81. The molecule has 1 heterocycles. The van der Waals surface area contributed by atoms with E-state index in [1.807, 2.05) is 24.3 Å². The zero-order chi connectivity index (χ0) is 21.0. The van der Waals surface area contributed by atoms with E-state index in [-0.39, 0.29) is 12.3 Å². The van der Waals surface area contributed by atoms with Gasteiger partial charge >= 0.3 is 5.97 Å². The minimum Gasteiger partial charge on any atom is -0.452 e. The van der Waals surface area contributed by atoms with Gasteiger partial charge in [0, 0.05) is 11.9 Å². The van der Waals surface area contributed by atoms with Crippen molar-refractivity contribution in [2.24, 2.45) is 0 Å². The van der Waals surface area contributed by atoms with Crippen LogP contribution < -0.4 is 5.32 Å². The summed E-state index contributed by atoms with van der Waals surface area (Å²) in [5.41, 5.74) is -0.106. The Morgan fingerprint density at radius 3 is 2.72 bits per heavy atom. The van der Waals surface area contributed by atoms with Gasteiger partial charge in [-0.3, -0.25) is 14.4 Å². The second-order valence-electron chi connectivity index (χ2n) is 7.53. The van der Waals surface area contributed by atoms with Crippen molar-refractivity contribution in [3.63, 3.8) is 0 Å². The molecule has 1 aromatic rings. The fourth-order valence-electron chi connectivity index (χ4n) is 3.82. The molecule has 0 spiro atoms. The Morgan fingerprint density at radius 2 is 2.03 bits per heavy atom. The van der Waals surface area contributed by atoms with Crippen molar-refractivity contribution in [2.75, 3.05) is 12.4 Å². The van der Waals surface area contributed by atoms with Gasteiger partial charge in [-0.25, -0.2) is 0 Å². The molecule has 2 atom stereocenters. The first-order valence-electron chi connectivity index (χ1n) is 9.81. The summed E-state index contributed by atoms with van der Waals surface area (Å²) in [7, 11) is 1.60. The van der Waals surface area contributed by atoms with Crippen molar-refractivity contribution < 1.29 is 19.1 Å². The van der Waals surface area contributed by atoms with E-state index in [0.717, 1.165) is 29.8 Å². The summed E-state index contributed by atoms with van der Waals surface area (Å²) >= 11 is 1.31. The van der Waals surface area contributed by atoms with Gasteiger partial charge < -0.3 is 15.0 Å². The van der Waals surface area contributed by atoms with E-state index in [4.69, 9.17) is 4.74 Å². The molecule has 29 heavy (non-hydrogen) atoms. The van der Waals surface area contributed by atoms with Crippen LogP contribution in [0.3, 0.4) is 0 Å². The average molecular weight is 416 g/mol. The van der Waals surface area contributed by atoms with Crippen LogP contribution in [0, 0.1) is 11.3 Å². The Kier molecular flexibility index (Phi) is 6.48. The van der Waals surface area contributed by atoms with E-state index in [2.05, 4.69) is 11.4 Å². The van der Waals surface area contributed by atoms with Crippen LogP contribution in [0.15, 0.2) is 29.2 Å². The summed E-state index contributed by atoms with van der Waals surface area (Å²) in [5, 5.41) is 11.8. The molecule has 2 aliphatic rings. The number of likely N-dealkylation sites (N-methyl/N-ethyl adjacent to an activating group) is 1. The van der Waals surface area contributed by atoms with Gasteiger partial charge in [-0.1, -0.05) is 31.4 Å². The standard InChI is InChI=1S/C21H25N3O4S/c1-14(20(27)24(2)21(13-22)10-6-3-7-11-21)28-18(25)12-17-19(26)23-15-8-4-5-9-16(15)29-17/h4-5,8-9,14,17H,3,6-7,10-12H2,1-2H3,(H,23,26)/t14-,17+/m1/s1. The van der Waals surface area contributed by atoms with E-state index in [0.29, 0.717) is 12.8 Å².